The van der Waals surface area contributed by atoms with Crippen LogP contribution >= 0.6 is 0 Å². The van der Waals surface area contributed by atoms with Crippen LogP contribution in [0.2, 0.25) is 0 Å². The predicted molar refractivity (Wildman–Crippen MR) is 93.6 cm³/mol. The molecule has 3 rings (SSSR count). The van der Waals surface area contributed by atoms with Crippen LogP contribution in [0.25, 0.3) is 0 Å². The van der Waals surface area contributed by atoms with E-state index in [0.717, 1.165) is 24.3 Å². The molecule has 2 aromatic rings. The van der Waals surface area contributed by atoms with E-state index in [0.29, 0.717) is 0 Å². The minimum absolute atomic E-state index is 0.108. The van der Waals surface area contributed by atoms with Gasteiger partial charge in [-0.1, -0.05) is 42.5 Å². The zero-order valence-corrected chi connectivity index (χ0v) is 14.4. The molecule has 8 nitrogen and oxygen atoms in total. The van der Waals surface area contributed by atoms with Crippen LogP contribution in [0.1, 0.15) is 31.7 Å². The summed E-state index contributed by atoms with van der Waals surface area (Å²) in [6, 6.07) is 11.4. The molecule has 1 aliphatic heterocycles. The van der Waals surface area contributed by atoms with Gasteiger partial charge in [0.05, 0.1) is 9.68 Å². The fraction of sp³-hybridized carbons (Fsp3) is 0.111. The summed E-state index contributed by atoms with van der Waals surface area (Å²) < 4.78 is 59.0. The maximum Gasteiger partial charge on any atom is 0.335 e. The number of hydrogen-bond acceptors (Lipinski definition) is 7. The number of ketones is 1. The highest BCUT2D eigenvalue weighted by Crippen LogP contribution is 2.32. The molecule has 2 aromatic carbocycles. The molecule has 0 saturated carbocycles. The Labute approximate surface area is 159 Å². The molecule has 0 bridgehead atoms. The highest BCUT2D eigenvalue weighted by molar-refractivity contribution is 7.86. The molecule has 1 aliphatic rings. The largest absolute Gasteiger partial charge is 0.478 e. The van der Waals surface area contributed by atoms with Gasteiger partial charge in [-0.15, -0.1) is 0 Å². The SMILES string of the molecule is [2H]C([2H])(c1ccccc1)S(=O)(=O)OC1=C(N)O[C@]([2H])(c2ccc(C(=O)O)cc2)C1=O. The summed E-state index contributed by atoms with van der Waals surface area (Å²) >= 11 is 0. The zero-order valence-electron chi connectivity index (χ0n) is 16.6. The molecule has 1 heterocycles. The number of Topliss-reactive ketones (excluding diaryl/α,β-unsaturated/α-hetero) is 1. The number of hydrogen-bond donors (Lipinski definition) is 2. The number of benzene rings is 2. The van der Waals surface area contributed by atoms with Crippen LogP contribution in [0.5, 0.6) is 0 Å². The van der Waals surface area contributed by atoms with E-state index in [1.807, 2.05) is 0 Å². The van der Waals surface area contributed by atoms with Crippen LogP contribution in [0.3, 0.4) is 0 Å². The van der Waals surface area contributed by atoms with Crippen LogP contribution in [0, 0.1) is 0 Å². The van der Waals surface area contributed by atoms with Crippen molar-refractivity contribution in [3.63, 3.8) is 0 Å². The zero-order chi connectivity index (χ0) is 22.3. The Morgan fingerprint density at radius 1 is 1.22 bits per heavy atom. The second-order valence-electron chi connectivity index (χ2n) is 5.34. The Bertz CT molecular complexity index is 1150. The topological polar surface area (TPSA) is 133 Å². The van der Waals surface area contributed by atoms with E-state index in [9.17, 15) is 18.0 Å². The molecule has 0 radical (unpaired) electrons. The third kappa shape index (κ3) is 4.09. The Morgan fingerprint density at radius 3 is 2.44 bits per heavy atom. The number of aromatic carboxylic acids is 1. The molecule has 1 atom stereocenters. The highest BCUT2D eigenvalue weighted by Gasteiger charge is 2.39. The maximum atomic E-state index is 12.7. The Kier molecular flexibility index (Phi) is 3.90. The molecule has 0 fully saturated rings. The van der Waals surface area contributed by atoms with Crippen LogP contribution in [-0.4, -0.2) is 25.3 Å². The van der Waals surface area contributed by atoms with Crippen molar-refractivity contribution in [3.05, 3.63) is 82.9 Å². The predicted octanol–water partition coefficient (Wildman–Crippen LogP) is 1.70. The first kappa shape index (κ1) is 14.8. The molecule has 0 amide bonds. The summed E-state index contributed by atoms with van der Waals surface area (Å²) in [5, 5.41) is 8.94. The monoisotopic (exact) mass is 392 g/mol. The van der Waals surface area contributed by atoms with Crippen molar-refractivity contribution < 1.29 is 36.1 Å². The molecular formula is C18H15NO7S. The van der Waals surface area contributed by atoms with Gasteiger partial charge in [0, 0.05) is 5.56 Å². The van der Waals surface area contributed by atoms with Crippen LogP contribution in [-0.2, 0) is 29.5 Å². The average molecular weight is 392 g/mol. The number of carbonyl (C=O) groups is 2. The van der Waals surface area contributed by atoms with Gasteiger partial charge in [-0.2, -0.15) is 8.42 Å². The van der Waals surface area contributed by atoms with Gasteiger partial charge in [-0.05, 0) is 17.7 Å². The summed E-state index contributed by atoms with van der Waals surface area (Å²) in [7, 11) is -5.08. The molecule has 140 valence electrons. The summed E-state index contributed by atoms with van der Waals surface area (Å²) in [6.45, 7) is 0. The van der Waals surface area contributed by atoms with Gasteiger partial charge >= 0.3 is 16.1 Å². The molecule has 9 heteroatoms. The van der Waals surface area contributed by atoms with Crippen molar-refractivity contribution in [2.24, 2.45) is 5.73 Å². The van der Waals surface area contributed by atoms with Gasteiger partial charge < -0.3 is 19.8 Å². The lowest BCUT2D eigenvalue weighted by atomic mass is 10.0. The van der Waals surface area contributed by atoms with Gasteiger partial charge in [0.1, 0.15) is 5.70 Å². The number of carbonyl (C=O) groups excluding carboxylic acids is 1. The average Bonchev–Trinajstić information content (AvgIpc) is 2.92. The number of nitrogens with two attached hydrogens (primary N) is 1. The summed E-state index contributed by atoms with van der Waals surface area (Å²) in [5.74, 6) is -4.36. The van der Waals surface area contributed by atoms with E-state index >= 15 is 0 Å². The van der Waals surface area contributed by atoms with Gasteiger partial charge in [0.15, 0.2) is 6.08 Å². The van der Waals surface area contributed by atoms with Crippen LogP contribution in [0.15, 0.2) is 66.2 Å². The van der Waals surface area contributed by atoms with Gasteiger partial charge in [-0.25, -0.2) is 4.79 Å². The summed E-state index contributed by atoms with van der Waals surface area (Å²) in [5.41, 5.74) is 2.06. The van der Waals surface area contributed by atoms with E-state index < -0.39 is 45.3 Å². The van der Waals surface area contributed by atoms with Gasteiger partial charge in [0.2, 0.25) is 17.4 Å². The number of rotatable bonds is 6. The molecule has 3 N–H and O–H groups in total. The van der Waals surface area contributed by atoms with Crippen molar-refractivity contribution in [1.29, 1.82) is 0 Å². The molecule has 0 unspecified atom stereocenters. The number of ether oxygens (including phenoxy) is 1. The first-order valence-corrected chi connectivity index (χ1v) is 8.88. The molecule has 0 saturated heterocycles. The van der Waals surface area contributed by atoms with Crippen molar-refractivity contribution in [2.75, 3.05) is 0 Å². The Balaban J connectivity index is 1.91. The minimum atomic E-state index is -5.08. The number of carboxylic acid groups (broad SMARTS) is 1. The van der Waals surface area contributed by atoms with Crippen molar-refractivity contribution in [3.8, 4) is 0 Å². The van der Waals surface area contributed by atoms with Gasteiger partial charge in [0.25, 0.3) is 0 Å². The Morgan fingerprint density at radius 2 is 1.85 bits per heavy atom. The molecule has 27 heavy (non-hydrogen) atoms. The molecule has 0 aromatic heterocycles. The maximum absolute atomic E-state index is 12.7. The minimum Gasteiger partial charge on any atom is -0.478 e. The van der Waals surface area contributed by atoms with E-state index in [1.165, 1.54) is 24.3 Å². The van der Waals surface area contributed by atoms with Crippen molar-refractivity contribution >= 4 is 21.9 Å². The summed E-state index contributed by atoms with van der Waals surface area (Å²) in [6.07, 6.45) is -2.52. The lowest BCUT2D eigenvalue weighted by Crippen LogP contribution is -2.16. The third-order valence-electron chi connectivity index (χ3n) is 3.45. The normalized spacial score (nSPS) is 21.8. The first-order chi connectivity index (χ1) is 13.9. The Hall–Kier alpha value is -3.33. The smallest absolute Gasteiger partial charge is 0.335 e. The van der Waals surface area contributed by atoms with Crippen molar-refractivity contribution in [1.82, 2.24) is 0 Å². The van der Waals surface area contributed by atoms with Crippen molar-refractivity contribution in [2.45, 2.75) is 11.8 Å². The van der Waals surface area contributed by atoms with E-state index in [1.54, 1.807) is 6.07 Å². The second-order valence-corrected chi connectivity index (χ2v) is 6.62. The fourth-order valence-corrected chi connectivity index (χ4v) is 3.08. The lowest BCUT2D eigenvalue weighted by Gasteiger charge is -2.10. The third-order valence-corrected chi connectivity index (χ3v) is 4.32. The van der Waals surface area contributed by atoms with Crippen LogP contribution in [0.4, 0.5) is 0 Å². The molecule has 0 spiro atoms. The number of carboxylic acids is 1. The standard InChI is InChI=1S/C18H15NO7S/c19-17-16(26-27(23,24)10-11-4-2-1-3-5-11)14(20)15(25-17)12-6-8-13(9-7-12)18(21)22/h1-9,15H,10,19H2,(H,21,22)/t15-/m1/s1/i10D2,15D. The first-order valence-electron chi connectivity index (χ1n) is 8.97. The summed E-state index contributed by atoms with van der Waals surface area (Å²) in [4.78, 5) is 23.7. The molecular weight excluding hydrogens is 374 g/mol. The van der Waals surface area contributed by atoms with Crippen LogP contribution < -0.4 is 5.73 Å². The highest BCUT2D eigenvalue weighted by atomic mass is 32.2. The van der Waals surface area contributed by atoms with E-state index in [-0.39, 0.29) is 16.7 Å². The van der Waals surface area contributed by atoms with E-state index in [4.69, 9.17) is 19.7 Å². The lowest BCUT2D eigenvalue weighted by molar-refractivity contribution is -0.123. The van der Waals surface area contributed by atoms with Gasteiger partial charge in [-0.3, -0.25) is 4.79 Å². The van der Waals surface area contributed by atoms with E-state index in [2.05, 4.69) is 4.18 Å². The molecule has 0 aliphatic carbocycles. The fourth-order valence-electron chi connectivity index (χ4n) is 2.23. The second kappa shape index (κ2) is 7.12. The quantitative estimate of drug-likeness (QED) is 0.710.